The molecule has 0 aliphatic heterocycles. The van der Waals surface area contributed by atoms with Crippen LogP contribution in [0.3, 0.4) is 0 Å². The Morgan fingerprint density at radius 1 is 0.250 bits per heavy atom. The van der Waals surface area contributed by atoms with Gasteiger partial charge in [0.25, 0.3) is 11.8 Å². The molecule has 28 heteroatoms. The predicted molar refractivity (Wildman–Crippen MR) is 322 cm³/mol. The molecule has 0 aliphatic rings. The molecule has 10 amide bonds. The summed E-state index contributed by atoms with van der Waals surface area (Å²) >= 11 is 0. The van der Waals surface area contributed by atoms with E-state index in [1.807, 2.05) is 0 Å². The number of primary amides is 2. The Morgan fingerprint density at radius 2 is 0.405 bits per heavy atom. The van der Waals surface area contributed by atoms with Crippen LogP contribution in [-0.4, -0.2) is 160 Å². The van der Waals surface area contributed by atoms with Crippen LogP contribution in [0, 0.1) is 0 Å². The lowest BCUT2D eigenvalue weighted by atomic mass is 10.0. The molecule has 84 heavy (non-hydrogen) atoms. The molecule has 0 heterocycles. The second kappa shape index (κ2) is 46.0. The van der Waals surface area contributed by atoms with E-state index in [0.29, 0.717) is 155 Å². The second-order valence-electron chi connectivity index (χ2n) is 21.1. The Bertz CT molecular complexity index is 1980. The van der Waals surface area contributed by atoms with E-state index in [0.717, 1.165) is 0 Å². The molecule has 8 unspecified atom stereocenters. The van der Waals surface area contributed by atoms with Gasteiger partial charge in [0.15, 0.2) is 0 Å². The summed E-state index contributed by atoms with van der Waals surface area (Å²) in [7, 11) is 0. The number of hydrogen-bond acceptors (Lipinski definition) is 18. The van der Waals surface area contributed by atoms with Crippen LogP contribution < -0.4 is 99.9 Å². The second-order valence-corrected chi connectivity index (χ2v) is 21.1. The Balaban J connectivity index is 3.43. The van der Waals surface area contributed by atoms with Gasteiger partial charge in [-0.05, 0) is 231 Å². The fraction of sp³-hybridized carbons (Fsp3) is 0.714. The van der Waals surface area contributed by atoms with Crippen LogP contribution in [0.2, 0.25) is 0 Å². The maximum Gasteiger partial charge on any atom is 0.251 e. The van der Waals surface area contributed by atoms with Gasteiger partial charge in [0.2, 0.25) is 47.3 Å². The van der Waals surface area contributed by atoms with Crippen molar-refractivity contribution in [3.05, 3.63) is 35.4 Å². The minimum Gasteiger partial charge on any atom is -0.368 e. The summed E-state index contributed by atoms with van der Waals surface area (Å²) in [6.07, 6.45) is 9.45. The van der Waals surface area contributed by atoms with E-state index in [4.69, 9.17) is 57.3 Å². The van der Waals surface area contributed by atoms with E-state index >= 15 is 0 Å². The number of unbranched alkanes of at least 4 members (excludes halogenated alkanes) is 8. The lowest BCUT2D eigenvalue weighted by Gasteiger charge is -2.26. The highest BCUT2D eigenvalue weighted by Crippen LogP contribution is 2.14. The molecule has 0 aromatic heterocycles. The molecule has 0 saturated carbocycles. The zero-order valence-electron chi connectivity index (χ0n) is 49.4. The number of rotatable bonds is 50. The Kier molecular flexibility index (Phi) is 41.4. The Morgan fingerprint density at radius 3 is 0.571 bits per heavy atom. The molecule has 1 rings (SSSR count). The fourth-order valence-corrected chi connectivity index (χ4v) is 9.02. The van der Waals surface area contributed by atoms with Crippen molar-refractivity contribution in [2.45, 2.75) is 202 Å². The lowest BCUT2D eigenvalue weighted by Crippen LogP contribution is -2.58. The van der Waals surface area contributed by atoms with Crippen molar-refractivity contribution in [2.24, 2.45) is 57.3 Å². The molecule has 478 valence electrons. The highest BCUT2D eigenvalue weighted by Gasteiger charge is 2.33. The zero-order chi connectivity index (χ0) is 62.7. The molecule has 1 aromatic carbocycles. The number of hydrogen-bond donors (Lipinski definition) is 18. The van der Waals surface area contributed by atoms with Crippen LogP contribution in [-0.2, 0) is 38.4 Å². The van der Waals surface area contributed by atoms with E-state index in [1.54, 1.807) is 0 Å². The molecule has 0 saturated heterocycles. The molecule has 1 aromatic rings. The van der Waals surface area contributed by atoms with Gasteiger partial charge in [-0.25, -0.2) is 0 Å². The van der Waals surface area contributed by atoms with Gasteiger partial charge in [0, 0.05) is 11.1 Å². The first-order valence-corrected chi connectivity index (χ1v) is 30.1. The minimum absolute atomic E-state index is 0.0689. The van der Waals surface area contributed by atoms with Gasteiger partial charge in [-0.1, -0.05) is 0 Å². The van der Waals surface area contributed by atoms with Crippen molar-refractivity contribution in [2.75, 3.05) is 52.4 Å². The standard InChI is InChI=1S/C56H104N18O10/c57-29-9-1-17-39(47(65)75)67-51(79)43(21-5-13-33-61)71-55(83)45(23-7-15-35-63)73-53(81)41(19-3-11-31-59)69-49(77)37-25-27-38(28-26-37)50(78)70-42(20-4-12-32-60)54(82)74-46(24-8-16-36-64)56(84)72-44(22-6-14-34-62)52(80)68-40(48(66)76)18-2-10-30-58/h25-28,39-46H,1-24,29-36,57-64H2,(H2,65,75)(H2,66,76)(H,67,79)(H,68,80)(H,69,77)(H,70,78)(H,71,83)(H,72,84)(H,73,81)(H,74,82). The van der Waals surface area contributed by atoms with E-state index in [1.165, 1.54) is 24.3 Å². The molecule has 8 atom stereocenters. The number of nitrogens with one attached hydrogen (secondary N) is 8. The molecule has 0 aliphatic carbocycles. The van der Waals surface area contributed by atoms with Crippen molar-refractivity contribution in [1.29, 1.82) is 0 Å². The first kappa shape index (κ1) is 75.6. The number of benzene rings is 1. The molecule has 28 nitrogen and oxygen atoms in total. The van der Waals surface area contributed by atoms with Crippen LogP contribution in [0.4, 0.5) is 0 Å². The van der Waals surface area contributed by atoms with Crippen LogP contribution in [0.5, 0.6) is 0 Å². The summed E-state index contributed by atoms with van der Waals surface area (Å²) in [5.41, 5.74) is 57.1. The summed E-state index contributed by atoms with van der Waals surface area (Å²) in [4.78, 5) is 136. The smallest absolute Gasteiger partial charge is 0.251 e. The third-order valence-electron chi connectivity index (χ3n) is 14.1. The molecule has 0 fully saturated rings. The van der Waals surface area contributed by atoms with Gasteiger partial charge in [0.1, 0.15) is 48.3 Å². The number of carbonyl (C=O) groups is 10. The average Bonchev–Trinajstić information content (AvgIpc) is 3.52. The number of nitrogens with two attached hydrogens (primary N) is 10. The Hall–Kier alpha value is -6.40. The van der Waals surface area contributed by atoms with Gasteiger partial charge in [-0.2, -0.15) is 0 Å². The van der Waals surface area contributed by atoms with E-state index < -0.39 is 107 Å². The summed E-state index contributed by atoms with van der Waals surface area (Å²) < 4.78 is 0. The minimum atomic E-state index is -1.17. The maximum absolute atomic E-state index is 14.1. The third-order valence-corrected chi connectivity index (χ3v) is 14.1. The Labute approximate surface area is 495 Å². The van der Waals surface area contributed by atoms with Gasteiger partial charge in [-0.15, -0.1) is 0 Å². The van der Waals surface area contributed by atoms with E-state index in [-0.39, 0.29) is 62.5 Å². The quantitative estimate of drug-likeness (QED) is 0.0286. The summed E-state index contributed by atoms with van der Waals surface area (Å²) in [5, 5.41) is 21.8. The van der Waals surface area contributed by atoms with Crippen LogP contribution in [0.15, 0.2) is 24.3 Å². The largest absolute Gasteiger partial charge is 0.368 e. The van der Waals surface area contributed by atoms with Gasteiger partial charge >= 0.3 is 0 Å². The highest BCUT2D eigenvalue weighted by atomic mass is 16.2. The van der Waals surface area contributed by atoms with Gasteiger partial charge < -0.3 is 99.9 Å². The lowest BCUT2D eigenvalue weighted by molar-refractivity contribution is -0.134. The summed E-state index contributed by atoms with van der Waals surface area (Å²) in [5.74, 6) is -6.83. The summed E-state index contributed by atoms with van der Waals surface area (Å²) in [6, 6.07) is -3.41. The first-order valence-electron chi connectivity index (χ1n) is 30.1. The monoisotopic (exact) mass is 1190 g/mol. The average molecular weight is 1190 g/mol. The SMILES string of the molecule is NCCCCC(NC(=O)C(CCCCN)NC(=O)C(CCCCN)NC(=O)C(CCCCN)NC(=O)c1ccc(C(=O)NC(CCCCN)C(=O)NC(CCCCN)C(=O)NC(CCCCN)C(=O)NC(CCCCN)C(N)=O)cc1)C(N)=O. The van der Waals surface area contributed by atoms with Crippen LogP contribution >= 0.6 is 0 Å². The maximum atomic E-state index is 14.1. The molecule has 28 N–H and O–H groups in total. The zero-order valence-corrected chi connectivity index (χ0v) is 49.4. The van der Waals surface area contributed by atoms with Crippen molar-refractivity contribution in [3.8, 4) is 0 Å². The van der Waals surface area contributed by atoms with Crippen molar-refractivity contribution in [1.82, 2.24) is 42.5 Å². The third kappa shape index (κ3) is 31.5. The van der Waals surface area contributed by atoms with Crippen molar-refractivity contribution >= 4 is 59.1 Å². The highest BCUT2D eigenvalue weighted by molar-refractivity contribution is 6.02. The number of amides is 10. The molecule has 0 radical (unpaired) electrons. The van der Waals surface area contributed by atoms with E-state index in [2.05, 4.69) is 42.5 Å². The van der Waals surface area contributed by atoms with Crippen molar-refractivity contribution in [3.63, 3.8) is 0 Å². The van der Waals surface area contributed by atoms with Gasteiger partial charge in [-0.3, -0.25) is 47.9 Å². The molecule has 0 bridgehead atoms. The molecule has 0 spiro atoms. The molecular formula is C56H104N18O10. The first-order chi connectivity index (χ1) is 40.3. The topological polar surface area (TPSA) is 527 Å². The normalized spacial score (nSPS) is 14.0. The summed E-state index contributed by atoms with van der Waals surface area (Å²) in [6.45, 7) is 2.69. The van der Waals surface area contributed by atoms with Crippen molar-refractivity contribution < 1.29 is 47.9 Å². The van der Waals surface area contributed by atoms with E-state index in [9.17, 15) is 47.9 Å². The predicted octanol–water partition coefficient (Wildman–Crippen LogP) is -3.21. The fourth-order valence-electron chi connectivity index (χ4n) is 9.02. The van der Waals surface area contributed by atoms with Gasteiger partial charge in [0.05, 0.1) is 0 Å². The van der Waals surface area contributed by atoms with Crippen LogP contribution in [0.25, 0.3) is 0 Å². The molecular weight excluding hydrogens is 1080 g/mol. The van der Waals surface area contributed by atoms with Crippen LogP contribution in [0.1, 0.15) is 175 Å². The number of carbonyl (C=O) groups excluding carboxylic acids is 10.